The molecule has 0 atom stereocenters. The van der Waals surface area contributed by atoms with Crippen LogP contribution in [0, 0.1) is 18.6 Å². The SMILES string of the molecule is Cc1ccc(F)c(C(=O)NCCCCBr)c1F. The van der Waals surface area contributed by atoms with E-state index in [0.717, 1.165) is 24.2 Å². The summed E-state index contributed by atoms with van der Waals surface area (Å²) in [6.07, 6.45) is 1.67. The number of aryl methyl sites for hydroxylation is 1. The van der Waals surface area contributed by atoms with Crippen LogP contribution in [0.3, 0.4) is 0 Å². The second kappa shape index (κ2) is 6.69. The van der Waals surface area contributed by atoms with E-state index in [0.29, 0.717) is 6.54 Å². The third-order valence-corrected chi connectivity index (χ3v) is 2.92. The minimum Gasteiger partial charge on any atom is -0.352 e. The van der Waals surface area contributed by atoms with Gasteiger partial charge in [0.1, 0.15) is 17.2 Å². The Morgan fingerprint density at radius 2 is 2.06 bits per heavy atom. The first kappa shape index (κ1) is 14.1. The second-order valence-electron chi connectivity index (χ2n) is 3.71. The molecule has 0 aliphatic carbocycles. The fourth-order valence-electron chi connectivity index (χ4n) is 1.37. The van der Waals surface area contributed by atoms with Crippen LogP contribution in [0.25, 0.3) is 0 Å². The first-order chi connectivity index (χ1) is 8.07. The lowest BCUT2D eigenvalue weighted by atomic mass is 10.1. The molecule has 0 radical (unpaired) electrons. The summed E-state index contributed by atoms with van der Waals surface area (Å²) < 4.78 is 26.9. The van der Waals surface area contributed by atoms with E-state index in [1.165, 1.54) is 13.0 Å². The van der Waals surface area contributed by atoms with Crippen molar-refractivity contribution in [3.8, 4) is 0 Å². The molecule has 0 saturated carbocycles. The number of hydrogen-bond donors (Lipinski definition) is 1. The number of benzene rings is 1. The maximum atomic E-state index is 13.6. The summed E-state index contributed by atoms with van der Waals surface area (Å²) in [6.45, 7) is 1.91. The summed E-state index contributed by atoms with van der Waals surface area (Å²) in [4.78, 5) is 11.6. The number of hydrogen-bond acceptors (Lipinski definition) is 1. The number of carbonyl (C=O) groups excluding carboxylic acids is 1. The molecule has 0 bridgehead atoms. The molecular weight excluding hydrogens is 292 g/mol. The van der Waals surface area contributed by atoms with Crippen molar-refractivity contribution in [1.29, 1.82) is 0 Å². The Balaban J connectivity index is 2.72. The van der Waals surface area contributed by atoms with Gasteiger partial charge in [0.2, 0.25) is 0 Å². The highest BCUT2D eigenvalue weighted by Gasteiger charge is 2.18. The molecule has 1 amide bonds. The van der Waals surface area contributed by atoms with Gasteiger partial charge in [0.05, 0.1) is 0 Å². The average Bonchev–Trinajstić information content (AvgIpc) is 2.30. The molecule has 94 valence electrons. The van der Waals surface area contributed by atoms with Gasteiger partial charge >= 0.3 is 0 Å². The summed E-state index contributed by atoms with van der Waals surface area (Å²) in [5, 5.41) is 3.35. The molecule has 0 aromatic heterocycles. The molecule has 1 N–H and O–H groups in total. The number of rotatable bonds is 5. The van der Waals surface area contributed by atoms with Gasteiger partial charge in [-0.15, -0.1) is 0 Å². The molecule has 0 saturated heterocycles. The fourth-order valence-corrected chi connectivity index (χ4v) is 1.77. The van der Waals surface area contributed by atoms with Crippen molar-refractivity contribution in [2.75, 3.05) is 11.9 Å². The molecule has 0 aliphatic rings. The Bertz CT molecular complexity index is 410. The summed E-state index contributed by atoms with van der Waals surface area (Å²) in [7, 11) is 0. The highest BCUT2D eigenvalue weighted by Crippen LogP contribution is 2.16. The first-order valence-electron chi connectivity index (χ1n) is 5.36. The van der Waals surface area contributed by atoms with Crippen LogP contribution in [-0.2, 0) is 0 Å². The fraction of sp³-hybridized carbons (Fsp3) is 0.417. The largest absolute Gasteiger partial charge is 0.352 e. The summed E-state index contributed by atoms with van der Waals surface area (Å²) in [5.74, 6) is -2.31. The molecule has 17 heavy (non-hydrogen) atoms. The van der Waals surface area contributed by atoms with Gasteiger partial charge in [-0.05, 0) is 31.4 Å². The Labute approximate surface area is 108 Å². The average molecular weight is 306 g/mol. The minimum atomic E-state index is -0.828. The molecule has 1 aromatic carbocycles. The van der Waals surface area contributed by atoms with E-state index >= 15 is 0 Å². The van der Waals surface area contributed by atoms with E-state index in [1.54, 1.807) is 0 Å². The molecule has 0 aliphatic heterocycles. The molecule has 0 unspecified atom stereocenters. The van der Waals surface area contributed by atoms with Crippen LogP contribution in [-0.4, -0.2) is 17.8 Å². The highest BCUT2D eigenvalue weighted by molar-refractivity contribution is 9.09. The zero-order valence-corrected chi connectivity index (χ0v) is 11.1. The van der Waals surface area contributed by atoms with Crippen LogP contribution in [0.4, 0.5) is 8.78 Å². The van der Waals surface area contributed by atoms with Crippen LogP contribution in [0.2, 0.25) is 0 Å². The van der Waals surface area contributed by atoms with Crippen molar-refractivity contribution < 1.29 is 13.6 Å². The predicted octanol–water partition coefficient (Wildman–Crippen LogP) is 3.18. The van der Waals surface area contributed by atoms with Gasteiger partial charge in [0, 0.05) is 11.9 Å². The number of amides is 1. The number of carbonyl (C=O) groups is 1. The maximum Gasteiger partial charge on any atom is 0.257 e. The smallest absolute Gasteiger partial charge is 0.257 e. The summed E-state index contributed by atoms with van der Waals surface area (Å²) in [5.41, 5.74) is -0.235. The second-order valence-corrected chi connectivity index (χ2v) is 4.50. The van der Waals surface area contributed by atoms with E-state index in [2.05, 4.69) is 21.2 Å². The minimum absolute atomic E-state index is 0.261. The lowest BCUT2D eigenvalue weighted by molar-refractivity contribution is 0.0944. The van der Waals surface area contributed by atoms with E-state index in [9.17, 15) is 13.6 Å². The number of halogens is 3. The van der Waals surface area contributed by atoms with Crippen molar-refractivity contribution in [1.82, 2.24) is 5.32 Å². The Morgan fingerprint density at radius 3 is 2.71 bits per heavy atom. The molecule has 1 aromatic rings. The number of unbranched alkanes of at least 4 members (excludes halogenated alkanes) is 1. The normalized spacial score (nSPS) is 10.4. The van der Waals surface area contributed by atoms with E-state index in [1.807, 2.05) is 0 Å². The Hall–Kier alpha value is -0.970. The van der Waals surface area contributed by atoms with Crippen LogP contribution >= 0.6 is 15.9 Å². The van der Waals surface area contributed by atoms with Gasteiger partial charge in [-0.3, -0.25) is 4.79 Å². The molecule has 0 spiro atoms. The van der Waals surface area contributed by atoms with Crippen LogP contribution < -0.4 is 5.32 Å². The van der Waals surface area contributed by atoms with Gasteiger partial charge in [0.25, 0.3) is 5.91 Å². The zero-order valence-electron chi connectivity index (χ0n) is 9.53. The van der Waals surface area contributed by atoms with Crippen molar-refractivity contribution >= 4 is 21.8 Å². The van der Waals surface area contributed by atoms with Crippen molar-refractivity contribution in [2.24, 2.45) is 0 Å². The Morgan fingerprint density at radius 1 is 1.35 bits per heavy atom. The molecule has 0 fully saturated rings. The van der Waals surface area contributed by atoms with E-state index in [4.69, 9.17) is 0 Å². The lowest BCUT2D eigenvalue weighted by Gasteiger charge is -2.08. The van der Waals surface area contributed by atoms with Crippen molar-refractivity contribution in [3.63, 3.8) is 0 Å². The maximum absolute atomic E-state index is 13.6. The topological polar surface area (TPSA) is 29.1 Å². The predicted molar refractivity (Wildman–Crippen MR) is 66.5 cm³/mol. The summed E-state index contributed by atoms with van der Waals surface area (Å²) >= 11 is 3.26. The van der Waals surface area contributed by atoms with Gasteiger partial charge in [0.15, 0.2) is 0 Å². The monoisotopic (exact) mass is 305 g/mol. The van der Waals surface area contributed by atoms with Crippen LogP contribution in [0.15, 0.2) is 12.1 Å². The highest BCUT2D eigenvalue weighted by atomic mass is 79.9. The van der Waals surface area contributed by atoms with Crippen molar-refractivity contribution in [2.45, 2.75) is 19.8 Å². The van der Waals surface area contributed by atoms with Gasteiger partial charge in [-0.1, -0.05) is 22.0 Å². The van der Waals surface area contributed by atoms with E-state index < -0.39 is 23.1 Å². The molecule has 1 rings (SSSR count). The quantitative estimate of drug-likeness (QED) is 0.657. The Kier molecular flexibility index (Phi) is 5.55. The van der Waals surface area contributed by atoms with Crippen LogP contribution in [0.5, 0.6) is 0 Å². The summed E-state index contributed by atoms with van der Waals surface area (Å²) in [6, 6.07) is 2.41. The molecular formula is C12H14BrF2NO. The molecule has 5 heteroatoms. The number of nitrogens with one attached hydrogen (secondary N) is 1. The third-order valence-electron chi connectivity index (χ3n) is 2.36. The molecule has 2 nitrogen and oxygen atoms in total. The first-order valence-corrected chi connectivity index (χ1v) is 6.49. The van der Waals surface area contributed by atoms with Gasteiger partial charge in [-0.25, -0.2) is 8.78 Å². The van der Waals surface area contributed by atoms with Crippen molar-refractivity contribution in [3.05, 3.63) is 34.9 Å². The number of alkyl halides is 1. The van der Waals surface area contributed by atoms with Crippen LogP contribution in [0.1, 0.15) is 28.8 Å². The molecule has 0 heterocycles. The van der Waals surface area contributed by atoms with Gasteiger partial charge < -0.3 is 5.32 Å². The zero-order chi connectivity index (χ0) is 12.8. The van der Waals surface area contributed by atoms with Gasteiger partial charge in [-0.2, -0.15) is 0 Å². The standard InChI is InChI=1S/C12H14BrF2NO/c1-8-4-5-9(14)10(11(8)15)12(17)16-7-3-2-6-13/h4-5H,2-3,6-7H2,1H3,(H,16,17). The lowest BCUT2D eigenvalue weighted by Crippen LogP contribution is -2.26. The van der Waals surface area contributed by atoms with E-state index in [-0.39, 0.29) is 5.56 Å². The third kappa shape index (κ3) is 3.77.